The maximum absolute atomic E-state index is 12.0. The third kappa shape index (κ3) is 3.83. The summed E-state index contributed by atoms with van der Waals surface area (Å²) in [5, 5.41) is 3.38. The Morgan fingerprint density at radius 2 is 2.07 bits per heavy atom. The third-order valence-electron chi connectivity index (χ3n) is 4.54. The quantitative estimate of drug-likeness (QED) is 0.506. The zero-order chi connectivity index (χ0) is 19.7. The minimum Gasteiger partial charge on any atom is -0.494 e. The lowest BCUT2D eigenvalue weighted by molar-refractivity contribution is 0.0984. The highest BCUT2D eigenvalue weighted by atomic mass is 16.5. The fourth-order valence-corrected chi connectivity index (χ4v) is 3.10. The molecule has 0 aliphatic carbocycles. The van der Waals surface area contributed by atoms with E-state index in [-0.39, 0.29) is 11.3 Å². The predicted octanol–water partition coefficient (Wildman–Crippen LogP) is 3.35. The number of benzene rings is 1. The van der Waals surface area contributed by atoms with Crippen LogP contribution in [0.5, 0.6) is 5.75 Å². The molecule has 0 atom stereocenters. The number of carbonyl (C=O) groups excluding carboxylic acids is 1. The second-order valence-corrected chi connectivity index (χ2v) is 6.49. The molecular weight excluding hydrogens is 370 g/mol. The van der Waals surface area contributed by atoms with Gasteiger partial charge in [-0.05, 0) is 31.2 Å². The molecule has 0 amide bonds. The molecule has 4 aromatic rings. The van der Waals surface area contributed by atoms with Gasteiger partial charge in [0.25, 0.3) is 0 Å². The molecule has 0 aliphatic heterocycles. The molecule has 0 radical (unpaired) electrons. The molecule has 3 aromatic heterocycles. The number of hydrogen-bond acceptors (Lipinski definition) is 5. The van der Waals surface area contributed by atoms with E-state index in [1.54, 1.807) is 19.6 Å². The zero-order valence-corrected chi connectivity index (χ0v) is 16.5. The Hall–Kier alpha value is -3.65. The number of pyridine rings is 1. The van der Waals surface area contributed by atoms with Gasteiger partial charge >= 0.3 is 0 Å². The van der Waals surface area contributed by atoms with Crippen molar-refractivity contribution in [2.45, 2.75) is 20.3 Å². The van der Waals surface area contributed by atoms with E-state index >= 15 is 0 Å². The number of hydrogen-bond donors (Lipinski definition) is 1. The molecule has 0 bridgehead atoms. The van der Waals surface area contributed by atoms with Crippen LogP contribution < -0.4 is 10.1 Å². The van der Waals surface area contributed by atoms with Crippen LogP contribution in [0.3, 0.4) is 0 Å². The smallest absolute Gasteiger partial charge is 0.182 e. The van der Waals surface area contributed by atoms with Gasteiger partial charge in [0.15, 0.2) is 11.4 Å². The van der Waals surface area contributed by atoms with Crippen molar-refractivity contribution in [2.24, 2.45) is 0 Å². The van der Waals surface area contributed by atoms with Crippen LogP contribution in [-0.4, -0.2) is 37.3 Å². The average Bonchev–Trinajstić information content (AvgIpc) is 3.34. The van der Waals surface area contributed by atoms with Crippen molar-refractivity contribution in [3.63, 3.8) is 0 Å². The number of ketones is 1. The van der Waals surface area contributed by atoms with Gasteiger partial charge in [-0.15, -0.1) is 0 Å². The van der Waals surface area contributed by atoms with Crippen LogP contribution in [0.25, 0.3) is 11.3 Å². The highest BCUT2D eigenvalue weighted by Gasteiger charge is 2.12. The van der Waals surface area contributed by atoms with E-state index in [1.165, 1.54) is 0 Å². The summed E-state index contributed by atoms with van der Waals surface area (Å²) in [7, 11) is 1.64. The molecule has 3 heterocycles. The molecule has 0 saturated heterocycles. The Morgan fingerprint density at radius 3 is 2.76 bits per heavy atom. The van der Waals surface area contributed by atoms with Crippen molar-refractivity contribution in [1.29, 1.82) is 0 Å². The third-order valence-corrected chi connectivity index (χ3v) is 4.54. The molecule has 0 spiro atoms. The standard InChI is InChI=1S/C21H21N5O2.H2O/c1-4-19(27)17-12-25-9-5-6-16(21(25)24-17)23-15-7-8-18(20(10-15)28-3)26-11-14(2)22-13-26;/h5-13,23H,4H2,1-3H3;1H2. The van der Waals surface area contributed by atoms with Gasteiger partial charge in [0.2, 0.25) is 0 Å². The largest absolute Gasteiger partial charge is 0.494 e. The highest BCUT2D eigenvalue weighted by Crippen LogP contribution is 2.29. The fraction of sp³-hybridized carbons (Fsp3) is 0.190. The van der Waals surface area contributed by atoms with Gasteiger partial charge < -0.3 is 24.5 Å². The van der Waals surface area contributed by atoms with Crippen LogP contribution in [-0.2, 0) is 0 Å². The summed E-state index contributed by atoms with van der Waals surface area (Å²) >= 11 is 0. The summed E-state index contributed by atoms with van der Waals surface area (Å²) in [6.45, 7) is 3.78. The summed E-state index contributed by atoms with van der Waals surface area (Å²) in [6, 6.07) is 9.71. The van der Waals surface area contributed by atoms with Gasteiger partial charge in [-0.1, -0.05) is 6.92 Å². The van der Waals surface area contributed by atoms with Gasteiger partial charge in [-0.25, -0.2) is 9.97 Å². The van der Waals surface area contributed by atoms with Crippen molar-refractivity contribution < 1.29 is 15.0 Å². The Labute approximate surface area is 168 Å². The second kappa shape index (κ2) is 8.15. The number of fused-ring (bicyclic) bond motifs is 1. The summed E-state index contributed by atoms with van der Waals surface area (Å²) in [6.07, 6.45) is 7.78. The maximum Gasteiger partial charge on any atom is 0.182 e. The van der Waals surface area contributed by atoms with E-state index in [4.69, 9.17) is 4.74 Å². The molecule has 0 saturated carbocycles. The first-order chi connectivity index (χ1) is 13.6. The Balaban J connectivity index is 0.00000240. The lowest BCUT2D eigenvalue weighted by atomic mass is 10.2. The van der Waals surface area contributed by atoms with Crippen LogP contribution in [0.1, 0.15) is 29.5 Å². The van der Waals surface area contributed by atoms with E-state index in [9.17, 15) is 4.79 Å². The Kier molecular flexibility index (Phi) is 5.65. The lowest BCUT2D eigenvalue weighted by Gasteiger charge is -2.13. The number of Topliss-reactive ketones (excluding diaryl/α,β-unsaturated/α-hetero) is 1. The van der Waals surface area contributed by atoms with Crippen molar-refractivity contribution in [3.8, 4) is 11.4 Å². The molecule has 4 rings (SSSR count). The topological polar surface area (TPSA) is 105 Å². The van der Waals surface area contributed by atoms with Crippen LogP contribution in [0.15, 0.2) is 55.2 Å². The minimum absolute atomic E-state index is 0. The molecule has 0 fully saturated rings. The van der Waals surface area contributed by atoms with Gasteiger partial charge in [0, 0.05) is 36.8 Å². The van der Waals surface area contributed by atoms with E-state index in [0.717, 1.165) is 28.5 Å². The number of imidazole rings is 2. The van der Waals surface area contributed by atoms with Crippen LogP contribution in [0, 0.1) is 6.92 Å². The summed E-state index contributed by atoms with van der Waals surface area (Å²) in [5.41, 5.74) is 4.69. The molecule has 8 heteroatoms. The number of aromatic nitrogens is 4. The molecule has 150 valence electrons. The van der Waals surface area contributed by atoms with Crippen LogP contribution in [0.2, 0.25) is 0 Å². The predicted molar refractivity (Wildman–Crippen MR) is 112 cm³/mol. The molecular formula is C21H23N5O3. The molecule has 0 aliphatic rings. The van der Waals surface area contributed by atoms with E-state index in [2.05, 4.69) is 15.3 Å². The number of methoxy groups -OCH3 is 1. The molecule has 0 unspecified atom stereocenters. The van der Waals surface area contributed by atoms with Crippen molar-refractivity contribution in [2.75, 3.05) is 12.4 Å². The Bertz CT molecular complexity index is 1160. The number of rotatable bonds is 6. The number of nitrogens with one attached hydrogen (secondary N) is 1. The lowest BCUT2D eigenvalue weighted by Crippen LogP contribution is -1.99. The summed E-state index contributed by atoms with van der Waals surface area (Å²) in [5.74, 6) is 0.746. The first-order valence-electron chi connectivity index (χ1n) is 9.06. The fourth-order valence-electron chi connectivity index (χ4n) is 3.10. The first-order valence-corrected chi connectivity index (χ1v) is 9.06. The van der Waals surface area contributed by atoms with Gasteiger partial charge in [0.05, 0.1) is 30.5 Å². The highest BCUT2D eigenvalue weighted by molar-refractivity contribution is 5.95. The molecule has 8 nitrogen and oxygen atoms in total. The molecule has 3 N–H and O–H groups in total. The van der Waals surface area contributed by atoms with E-state index < -0.39 is 0 Å². The Morgan fingerprint density at radius 1 is 1.24 bits per heavy atom. The minimum atomic E-state index is 0. The number of aryl methyl sites for hydroxylation is 1. The van der Waals surface area contributed by atoms with Crippen molar-refractivity contribution in [1.82, 2.24) is 18.9 Å². The van der Waals surface area contributed by atoms with Gasteiger partial charge in [-0.3, -0.25) is 4.79 Å². The average molecular weight is 393 g/mol. The van der Waals surface area contributed by atoms with Crippen LogP contribution in [0.4, 0.5) is 11.4 Å². The van der Waals surface area contributed by atoms with Crippen molar-refractivity contribution >= 4 is 22.8 Å². The van der Waals surface area contributed by atoms with E-state index in [1.807, 2.05) is 65.5 Å². The number of ether oxygens (including phenoxy) is 1. The number of nitrogens with zero attached hydrogens (tertiary/aromatic N) is 4. The first kappa shape index (κ1) is 20.1. The molecule has 1 aromatic carbocycles. The maximum atomic E-state index is 12.0. The van der Waals surface area contributed by atoms with Gasteiger partial charge in [0.1, 0.15) is 11.4 Å². The summed E-state index contributed by atoms with van der Waals surface area (Å²) in [4.78, 5) is 20.8. The molecule has 29 heavy (non-hydrogen) atoms. The van der Waals surface area contributed by atoms with Gasteiger partial charge in [-0.2, -0.15) is 0 Å². The monoisotopic (exact) mass is 393 g/mol. The summed E-state index contributed by atoms with van der Waals surface area (Å²) < 4.78 is 9.35. The number of carbonyl (C=O) groups is 1. The normalized spacial score (nSPS) is 10.6. The zero-order valence-electron chi connectivity index (χ0n) is 16.5. The SMILES string of the molecule is CCC(=O)c1cn2cccc(Nc3ccc(-n4cnc(C)c4)c(OC)c3)c2n1.O. The number of anilines is 2. The van der Waals surface area contributed by atoms with Crippen LogP contribution >= 0.6 is 0 Å². The van der Waals surface area contributed by atoms with E-state index in [0.29, 0.717) is 17.8 Å². The second-order valence-electron chi connectivity index (χ2n) is 6.49. The van der Waals surface area contributed by atoms with Crippen molar-refractivity contribution in [3.05, 3.63) is 66.6 Å².